The van der Waals surface area contributed by atoms with Crippen molar-refractivity contribution in [2.24, 2.45) is 11.7 Å². The smallest absolute Gasteiger partial charge is 0.410 e. The van der Waals surface area contributed by atoms with Gasteiger partial charge < -0.3 is 60.5 Å². The van der Waals surface area contributed by atoms with E-state index in [1.807, 2.05) is 0 Å². The molecule has 0 aliphatic carbocycles. The summed E-state index contributed by atoms with van der Waals surface area (Å²) in [4.78, 5) is 0. The Morgan fingerprint density at radius 1 is 1.00 bits per heavy atom. The Hall–Kier alpha value is 0.659. The van der Waals surface area contributed by atoms with E-state index in [0.717, 1.165) is 0 Å². The maximum atomic E-state index is 4.68. The zero-order valence-electron chi connectivity index (χ0n) is 5.17. The van der Waals surface area contributed by atoms with Crippen LogP contribution in [0.25, 0.3) is 0 Å². The van der Waals surface area contributed by atoms with Crippen LogP contribution in [0, 0.1) is 0 Å². The van der Waals surface area contributed by atoms with Crippen molar-refractivity contribution in [1.82, 2.24) is 10.9 Å². The summed E-state index contributed by atoms with van der Waals surface area (Å²) in [7, 11) is 0. The van der Waals surface area contributed by atoms with Crippen LogP contribution in [0.3, 0.4) is 0 Å². The molecule has 9 heteroatoms. The van der Waals surface area contributed by atoms with Gasteiger partial charge in [0.15, 0.2) is 0 Å². The van der Waals surface area contributed by atoms with Crippen molar-refractivity contribution in [2.75, 3.05) is 0 Å². The molecule has 1 radical (unpaired) electrons. The number of hydrazine groups is 2. The average molecular weight is 269 g/mol. The Morgan fingerprint density at radius 2 is 1.09 bits per heavy atom. The molecule has 6 N–H and O–H groups in total. The molecule has 0 aliphatic rings. The maximum absolute atomic E-state index is 4.68. The van der Waals surface area contributed by atoms with E-state index < -0.39 is 0 Å². The minimum atomic E-state index is 0. The SMILES string of the molecule is NNC(=S)[S-].NNC(=S)[S-].[Mn+2]. The van der Waals surface area contributed by atoms with Gasteiger partial charge in [-0.2, -0.15) is 0 Å². The van der Waals surface area contributed by atoms with Crippen molar-refractivity contribution < 1.29 is 17.1 Å². The largest absolute Gasteiger partial charge is 2.00 e. The van der Waals surface area contributed by atoms with Gasteiger partial charge in [0.25, 0.3) is 0 Å². The Morgan fingerprint density at radius 3 is 1.09 bits per heavy atom. The molecule has 0 rings (SSSR count). The Labute approximate surface area is 97.5 Å². The molecule has 65 valence electrons. The number of nitrogens with two attached hydrogens (primary N) is 2. The van der Waals surface area contributed by atoms with Crippen molar-refractivity contribution in [3.63, 3.8) is 0 Å². The molecule has 0 aromatic rings. The molecular weight excluding hydrogens is 263 g/mol. The molecular formula is C2H6MnN4S4. The van der Waals surface area contributed by atoms with E-state index >= 15 is 0 Å². The Balaban J connectivity index is -0.000000107. The standard InChI is InChI=1S/2CH4N2S2.Mn/c2*2-3-1(4)5;/h2*2H2,(H2,3,4,5);/q;;+2/p-2. The van der Waals surface area contributed by atoms with Crippen LogP contribution >= 0.6 is 24.4 Å². The average Bonchev–Trinajstić information content (AvgIpc) is 1.89. The van der Waals surface area contributed by atoms with Gasteiger partial charge in [-0.25, -0.2) is 0 Å². The topological polar surface area (TPSA) is 76.1 Å². The van der Waals surface area contributed by atoms with E-state index in [-0.39, 0.29) is 25.7 Å². The molecule has 0 atom stereocenters. The molecule has 0 spiro atoms. The molecule has 0 aromatic carbocycles. The molecule has 0 saturated heterocycles. The van der Waals surface area contributed by atoms with Crippen LogP contribution in [0.5, 0.6) is 0 Å². The van der Waals surface area contributed by atoms with Crippen molar-refractivity contribution >= 4 is 58.3 Å². The van der Waals surface area contributed by atoms with E-state index in [1.54, 1.807) is 0 Å². The Bertz CT molecular complexity index is 105. The normalized spacial score (nSPS) is 6.00. The third kappa shape index (κ3) is 36.8. The fourth-order valence-electron chi connectivity index (χ4n) is 0. The van der Waals surface area contributed by atoms with Crippen LogP contribution in [0.1, 0.15) is 0 Å². The molecule has 0 fully saturated rings. The van der Waals surface area contributed by atoms with Crippen LogP contribution in [0.4, 0.5) is 0 Å². The van der Waals surface area contributed by atoms with Crippen molar-refractivity contribution in [3.05, 3.63) is 0 Å². The van der Waals surface area contributed by atoms with Gasteiger partial charge in [-0.15, -0.1) is 0 Å². The molecule has 4 nitrogen and oxygen atoms in total. The molecule has 0 aromatic heterocycles. The molecule has 0 aliphatic heterocycles. The van der Waals surface area contributed by atoms with Gasteiger partial charge in [-0.3, -0.25) is 11.7 Å². The first kappa shape index (κ1) is 17.7. The predicted molar refractivity (Wildman–Crippen MR) is 54.6 cm³/mol. The number of hydrogen-bond donors (Lipinski definition) is 4. The van der Waals surface area contributed by atoms with Gasteiger partial charge >= 0.3 is 17.1 Å². The van der Waals surface area contributed by atoms with Crippen LogP contribution < -0.4 is 22.5 Å². The second-order valence-electron chi connectivity index (χ2n) is 0.864. The minimum absolute atomic E-state index is 0. The molecule has 0 saturated carbocycles. The quantitative estimate of drug-likeness (QED) is 0.140. The summed E-state index contributed by atoms with van der Waals surface area (Å²) in [6.07, 6.45) is 0. The molecule has 0 amide bonds. The minimum Gasteiger partial charge on any atom is -0.410 e. The van der Waals surface area contributed by atoms with Crippen molar-refractivity contribution in [1.29, 1.82) is 0 Å². The molecule has 0 bridgehead atoms. The molecule has 0 heterocycles. The first-order valence-corrected chi connectivity index (χ1v) is 3.53. The van der Waals surface area contributed by atoms with Crippen LogP contribution in [0.15, 0.2) is 0 Å². The van der Waals surface area contributed by atoms with E-state index in [2.05, 4.69) is 72.2 Å². The van der Waals surface area contributed by atoms with E-state index in [4.69, 9.17) is 0 Å². The zero-order valence-corrected chi connectivity index (χ0v) is 9.61. The van der Waals surface area contributed by atoms with E-state index in [9.17, 15) is 0 Å². The van der Waals surface area contributed by atoms with Gasteiger partial charge in [0.2, 0.25) is 0 Å². The van der Waals surface area contributed by atoms with Crippen LogP contribution in [-0.2, 0) is 42.3 Å². The number of thiocarbonyl (C=S) groups is 2. The monoisotopic (exact) mass is 269 g/mol. The predicted octanol–water partition coefficient (Wildman–Crippen LogP) is -1.44. The molecule has 11 heavy (non-hydrogen) atoms. The summed E-state index contributed by atoms with van der Waals surface area (Å²) >= 11 is 17.1. The second-order valence-corrected chi connectivity index (χ2v) is 3.01. The van der Waals surface area contributed by atoms with Gasteiger partial charge in [0, 0.05) is 0 Å². The summed E-state index contributed by atoms with van der Waals surface area (Å²) in [5.74, 6) is 9.35. The molecule has 0 unspecified atom stereocenters. The van der Waals surface area contributed by atoms with Gasteiger partial charge in [-0.1, -0.05) is 8.64 Å². The zero-order chi connectivity index (χ0) is 8.57. The van der Waals surface area contributed by atoms with E-state index in [1.165, 1.54) is 0 Å². The maximum Gasteiger partial charge on any atom is 2.00 e. The van der Waals surface area contributed by atoms with Crippen LogP contribution in [-0.4, -0.2) is 8.64 Å². The third-order valence-corrected chi connectivity index (χ3v) is 0.707. The second kappa shape index (κ2) is 13.3. The summed E-state index contributed by atoms with van der Waals surface area (Å²) < 4.78 is 0.398. The fourth-order valence-corrected chi connectivity index (χ4v) is 0. The van der Waals surface area contributed by atoms with Gasteiger partial charge in [0.05, 0.1) is 0 Å². The van der Waals surface area contributed by atoms with Crippen molar-refractivity contribution in [2.45, 2.75) is 0 Å². The summed E-state index contributed by atoms with van der Waals surface area (Å²) in [6.45, 7) is 0. The fraction of sp³-hybridized carbons (Fsp3) is 0. The van der Waals surface area contributed by atoms with Crippen molar-refractivity contribution in [3.8, 4) is 0 Å². The van der Waals surface area contributed by atoms with Gasteiger partial charge in [0.1, 0.15) is 0 Å². The van der Waals surface area contributed by atoms with E-state index in [0.29, 0.717) is 0 Å². The number of hydrogen-bond acceptors (Lipinski definition) is 6. The first-order valence-electron chi connectivity index (χ1n) is 1.89. The third-order valence-electron chi connectivity index (χ3n) is 0.236. The summed E-state index contributed by atoms with van der Waals surface area (Å²) in [5.41, 5.74) is 4.15. The Kier molecular flexibility index (Phi) is 21.3. The first-order chi connectivity index (χ1) is 4.54. The van der Waals surface area contributed by atoms with Gasteiger partial charge in [-0.05, 0) is 0 Å². The summed E-state index contributed by atoms with van der Waals surface area (Å²) in [5, 5.41) is 0. The van der Waals surface area contributed by atoms with Crippen LogP contribution in [0.2, 0.25) is 0 Å². The number of rotatable bonds is 0. The number of nitrogens with one attached hydrogen (secondary N) is 2. The summed E-state index contributed by atoms with van der Waals surface area (Å²) in [6, 6.07) is 0.